The molecule has 0 aromatic carbocycles. The lowest BCUT2D eigenvalue weighted by Crippen LogP contribution is -2.17. The van der Waals surface area contributed by atoms with Crippen LogP contribution in [-0.2, 0) is 9.47 Å². The van der Waals surface area contributed by atoms with E-state index in [1.165, 1.54) is 6.20 Å². The van der Waals surface area contributed by atoms with Gasteiger partial charge in [-0.2, -0.15) is 5.26 Å². The van der Waals surface area contributed by atoms with Gasteiger partial charge >= 0.3 is 6.29 Å². The Kier molecular flexibility index (Phi) is 3.91. The minimum atomic E-state index is -3.60. The molecule has 1 aromatic heterocycles. The van der Waals surface area contributed by atoms with Gasteiger partial charge in [-0.25, -0.2) is 0 Å². The van der Waals surface area contributed by atoms with Crippen molar-refractivity contribution in [2.45, 2.75) is 32.7 Å². The monoisotopic (exact) mass is 280 g/mol. The zero-order valence-electron chi connectivity index (χ0n) is 11.1. The van der Waals surface area contributed by atoms with Crippen molar-refractivity contribution in [1.82, 2.24) is 4.98 Å². The van der Waals surface area contributed by atoms with E-state index in [0.29, 0.717) is 23.1 Å². The SMILES string of the molecule is CC.N#Cc1c[nH]cc1C1=C2OC(F)(F)OC2CC=C1. The van der Waals surface area contributed by atoms with Gasteiger partial charge in [-0.15, -0.1) is 8.78 Å². The van der Waals surface area contributed by atoms with E-state index in [-0.39, 0.29) is 5.76 Å². The summed E-state index contributed by atoms with van der Waals surface area (Å²) in [5.74, 6) is 0.0820. The first kappa shape index (κ1) is 14.3. The van der Waals surface area contributed by atoms with Crippen LogP contribution in [0.3, 0.4) is 0 Å². The van der Waals surface area contributed by atoms with Crippen LogP contribution in [0.15, 0.2) is 30.3 Å². The summed E-state index contributed by atoms with van der Waals surface area (Å²) in [6.45, 7) is 4.00. The Hall–Kier alpha value is -2.13. The number of nitriles is 1. The predicted octanol–water partition coefficient (Wildman–Crippen LogP) is 3.55. The molecule has 2 aliphatic rings. The molecule has 1 aliphatic carbocycles. The fourth-order valence-electron chi connectivity index (χ4n) is 2.11. The van der Waals surface area contributed by atoms with Gasteiger partial charge in [0.1, 0.15) is 17.9 Å². The first-order valence-corrected chi connectivity index (χ1v) is 6.33. The van der Waals surface area contributed by atoms with E-state index in [1.807, 2.05) is 19.9 Å². The third kappa shape index (κ3) is 2.45. The quantitative estimate of drug-likeness (QED) is 0.855. The summed E-state index contributed by atoms with van der Waals surface area (Å²) in [5, 5.41) is 8.94. The Morgan fingerprint density at radius 3 is 2.85 bits per heavy atom. The van der Waals surface area contributed by atoms with Crippen LogP contribution in [0.25, 0.3) is 5.57 Å². The van der Waals surface area contributed by atoms with Gasteiger partial charge < -0.3 is 9.72 Å². The minimum absolute atomic E-state index is 0.0820. The van der Waals surface area contributed by atoms with Crippen molar-refractivity contribution in [3.63, 3.8) is 0 Å². The number of alkyl halides is 2. The van der Waals surface area contributed by atoms with E-state index in [0.717, 1.165) is 0 Å². The van der Waals surface area contributed by atoms with E-state index in [2.05, 4.69) is 14.5 Å². The van der Waals surface area contributed by atoms with Crippen molar-refractivity contribution in [2.75, 3.05) is 0 Å². The fourth-order valence-corrected chi connectivity index (χ4v) is 2.11. The van der Waals surface area contributed by atoms with Crippen molar-refractivity contribution < 1.29 is 18.3 Å². The molecule has 4 nitrogen and oxygen atoms in total. The standard InChI is InChI=1S/C12H8F2N2O2.C2H6/c13-12(14)17-10-3-1-2-8(11(10)18-12)9-6-16-5-7(9)4-15;1-2/h1-2,5-6,10,16H,3H2;1-2H3. The van der Waals surface area contributed by atoms with Crippen molar-refractivity contribution in [3.05, 3.63) is 41.4 Å². The molecule has 20 heavy (non-hydrogen) atoms. The van der Waals surface area contributed by atoms with Gasteiger partial charge in [0.25, 0.3) is 0 Å². The van der Waals surface area contributed by atoms with Crippen LogP contribution >= 0.6 is 0 Å². The average Bonchev–Trinajstić information content (AvgIpc) is 3.02. The van der Waals surface area contributed by atoms with E-state index >= 15 is 0 Å². The molecule has 1 aromatic rings. The zero-order chi connectivity index (χ0) is 14.8. The second kappa shape index (κ2) is 5.47. The van der Waals surface area contributed by atoms with Crippen LogP contribution in [-0.4, -0.2) is 17.4 Å². The van der Waals surface area contributed by atoms with Gasteiger partial charge in [-0.1, -0.05) is 26.0 Å². The fraction of sp³-hybridized carbons (Fsp3) is 0.357. The molecular formula is C14H14F2N2O2. The molecule has 1 aliphatic heterocycles. The summed E-state index contributed by atoms with van der Waals surface area (Å²) < 4.78 is 35.2. The second-order valence-corrected chi connectivity index (χ2v) is 3.98. The lowest BCUT2D eigenvalue weighted by molar-refractivity contribution is -0.341. The number of rotatable bonds is 1. The largest absolute Gasteiger partial charge is 0.535 e. The summed E-state index contributed by atoms with van der Waals surface area (Å²) in [6.07, 6.45) is 2.42. The average molecular weight is 280 g/mol. The highest BCUT2D eigenvalue weighted by Gasteiger charge is 2.49. The Morgan fingerprint density at radius 2 is 2.15 bits per heavy atom. The number of H-pyrrole nitrogens is 1. The number of ether oxygens (including phenoxy) is 2. The third-order valence-corrected chi connectivity index (χ3v) is 2.86. The number of allylic oxidation sites excluding steroid dienone is 2. The number of hydrogen-bond donors (Lipinski definition) is 1. The number of aromatic amines is 1. The third-order valence-electron chi connectivity index (χ3n) is 2.86. The van der Waals surface area contributed by atoms with Crippen LogP contribution in [0.2, 0.25) is 0 Å². The van der Waals surface area contributed by atoms with Crippen molar-refractivity contribution in [3.8, 4) is 6.07 Å². The zero-order valence-corrected chi connectivity index (χ0v) is 11.1. The predicted molar refractivity (Wildman–Crippen MR) is 68.4 cm³/mol. The molecule has 1 N–H and O–H groups in total. The number of aromatic nitrogens is 1. The van der Waals surface area contributed by atoms with Gasteiger partial charge in [0.05, 0.1) is 5.56 Å². The Bertz CT molecular complexity index is 597. The lowest BCUT2D eigenvalue weighted by Gasteiger charge is -2.13. The molecule has 0 amide bonds. The molecule has 0 spiro atoms. The summed E-state index contributed by atoms with van der Waals surface area (Å²) in [6, 6.07) is 1.99. The van der Waals surface area contributed by atoms with E-state index in [1.54, 1.807) is 18.3 Å². The maximum absolute atomic E-state index is 13.1. The smallest absolute Gasteiger partial charge is 0.410 e. The number of fused-ring (bicyclic) bond motifs is 1. The van der Waals surface area contributed by atoms with E-state index < -0.39 is 12.4 Å². The minimum Gasteiger partial charge on any atom is -0.410 e. The maximum Gasteiger partial charge on any atom is 0.535 e. The Morgan fingerprint density at radius 1 is 1.40 bits per heavy atom. The van der Waals surface area contributed by atoms with Crippen LogP contribution in [0.4, 0.5) is 8.78 Å². The highest BCUT2D eigenvalue weighted by Crippen LogP contribution is 2.42. The van der Waals surface area contributed by atoms with Gasteiger partial charge in [0.15, 0.2) is 0 Å². The summed E-state index contributed by atoms with van der Waals surface area (Å²) >= 11 is 0. The molecule has 1 atom stereocenters. The second-order valence-electron chi connectivity index (χ2n) is 3.98. The van der Waals surface area contributed by atoms with Crippen molar-refractivity contribution in [2.24, 2.45) is 0 Å². The molecular weight excluding hydrogens is 266 g/mol. The van der Waals surface area contributed by atoms with E-state index in [9.17, 15) is 8.78 Å². The van der Waals surface area contributed by atoms with Crippen molar-refractivity contribution >= 4 is 5.57 Å². The molecule has 0 saturated carbocycles. The molecule has 3 rings (SSSR count). The highest BCUT2D eigenvalue weighted by atomic mass is 19.3. The van der Waals surface area contributed by atoms with Gasteiger partial charge in [-0.3, -0.25) is 4.74 Å². The molecule has 2 heterocycles. The first-order valence-electron chi connectivity index (χ1n) is 6.33. The van der Waals surface area contributed by atoms with Gasteiger partial charge in [0.2, 0.25) is 0 Å². The summed E-state index contributed by atoms with van der Waals surface area (Å²) in [5.41, 5.74) is 1.37. The molecule has 106 valence electrons. The number of hydrogen-bond acceptors (Lipinski definition) is 3. The molecule has 1 saturated heterocycles. The van der Waals surface area contributed by atoms with Gasteiger partial charge in [-0.05, 0) is 6.42 Å². The summed E-state index contributed by atoms with van der Waals surface area (Å²) in [7, 11) is 0. The summed E-state index contributed by atoms with van der Waals surface area (Å²) in [4.78, 5) is 2.77. The lowest BCUT2D eigenvalue weighted by atomic mass is 9.96. The molecule has 1 unspecified atom stereocenters. The van der Waals surface area contributed by atoms with Crippen LogP contribution in [0, 0.1) is 11.3 Å². The number of nitrogens with zero attached hydrogens (tertiary/aromatic N) is 1. The molecule has 6 heteroatoms. The topological polar surface area (TPSA) is 58.0 Å². The number of nitrogens with one attached hydrogen (secondary N) is 1. The maximum atomic E-state index is 13.1. The number of halogens is 2. The molecule has 1 fully saturated rings. The molecule has 0 radical (unpaired) electrons. The van der Waals surface area contributed by atoms with Crippen molar-refractivity contribution in [1.29, 1.82) is 5.26 Å². The molecule has 0 bridgehead atoms. The Labute approximate surface area is 115 Å². The van der Waals surface area contributed by atoms with E-state index in [4.69, 9.17) is 5.26 Å². The highest BCUT2D eigenvalue weighted by molar-refractivity contribution is 5.80. The first-order chi connectivity index (χ1) is 9.61. The normalized spacial score (nSPS) is 22.4. The Balaban J connectivity index is 0.000000704. The van der Waals surface area contributed by atoms with Crippen LogP contribution in [0.1, 0.15) is 31.4 Å². The van der Waals surface area contributed by atoms with Gasteiger partial charge in [0, 0.05) is 23.5 Å². The van der Waals surface area contributed by atoms with Crippen LogP contribution < -0.4 is 0 Å². The van der Waals surface area contributed by atoms with Crippen LogP contribution in [0.5, 0.6) is 0 Å².